The van der Waals surface area contributed by atoms with E-state index in [1.165, 1.54) is 0 Å². The van der Waals surface area contributed by atoms with E-state index in [0.717, 1.165) is 23.3 Å². The molecule has 0 atom stereocenters. The van der Waals surface area contributed by atoms with Crippen LogP contribution in [0.2, 0.25) is 0 Å². The van der Waals surface area contributed by atoms with Crippen LogP contribution in [0.25, 0.3) is 22.3 Å². The molecule has 0 aliphatic heterocycles. The maximum absolute atomic E-state index is 12.9. The molecule has 0 aliphatic carbocycles. The van der Waals surface area contributed by atoms with Crippen LogP contribution in [0, 0.1) is 0 Å². The third-order valence-electron chi connectivity index (χ3n) is 3.96. The highest BCUT2D eigenvalue weighted by Gasteiger charge is 2.17. The maximum Gasteiger partial charge on any atom is 0.235 e. The Balaban J connectivity index is 2.25. The number of rotatable bonds is 5. The number of aryl methyl sites for hydroxylation is 1. The average Bonchev–Trinajstić information content (AvgIpc) is 2.64. The maximum atomic E-state index is 12.9. The molecule has 4 nitrogen and oxygen atoms in total. The number of hydrogen-bond acceptors (Lipinski definition) is 4. The van der Waals surface area contributed by atoms with Crippen LogP contribution in [0.3, 0.4) is 0 Å². The van der Waals surface area contributed by atoms with E-state index in [2.05, 4.69) is 6.92 Å². The highest BCUT2D eigenvalue weighted by molar-refractivity contribution is 5.82. The van der Waals surface area contributed by atoms with Crippen molar-refractivity contribution in [2.45, 2.75) is 20.3 Å². The van der Waals surface area contributed by atoms with Gasteiger partial charge in [0.25, 0.3) is 0 Å². The van der Waals surface area contributed by atoms with Gasteiger partial charge in [-0.3, -0.25) is 4.79 Å². The van der Waals surface area contributed by atoms with Crippen LogP contribution in [-0.2, 0) is 6.42 Å². The average molecular weight is 324 g/mol. The molecule has 0 unspecified atom stereocenters. The lowest BCUT2D eigenvalue weighted by Gasteiger charge is -2.11. The molecule has 2 aromatic carbocycles. The molecule has 3 aromatic rings. The lowest BCUT2D eigenvalue weighted by molar-refractivity contribution is 0.330. The molecule has 0 saturated carbocycles. The minimum absolute atomic E-state index is 0.140. The molecule has 0 N–H and O–H groups in total. The summed E-state index contributed by atoms with van der Waals surface area (Å²) in [4.78, 5) is 12.9. The molecule has 0 fully saturated rings. The van der Waals surface area contributed by atoms with Crippen molar-refractivity contribution in [2.75, 3.05) is 13.7 Å². The van der Waals surface area contributed by atoms with Gasteiger partial charge in [-0.25, -0.2) is 0 Å². The third-order valence-corrected chi connectivity index (χ3v) is 3.96. The van der Waals surface area contributed by atoms with Gasteiger partial charge in [-0.1, -0.05) is 13.0 Å². The molecule has 0 saturated heterocycles. The molecule has 124 valence electrons. The second-order valence-electron chi connectivity index (χ2n) is 5.44. The van der Waals surface area contributed by atoms with Crippen molar-refractivity contribution in [2.24, 2.45) is 0 Å². The van der Waals surface area contributed by atoms with Crippen molar-refractivity contribution >= 4 is 11.0 Å². The van der Waals surface area contributed by atoms with Crippen LogP contribution < -0.4 is 14.9 Å². The van der Waals surface area contributed by atoms with Gasteiger partial charge >= 0.3 is 0 Å². The van der Waals surface area contributed by atoms with Gasteiger partial charge in [0.2, 0.25) is 11.2 Å². The van der Waals surface area contributed by atoms with Crippen LogP contribution in [-0.4, -0.2) is 13.7 Å². The predicted molar refractivity (Wildman–Crippen MR) is 95.0 cm³/mol. The fourth-order valence-electron chi connectivity index (χ4n) is 2.65. The predicted octanol–water partition coefficient (Wildman–Crippen LogP) is 4.43. The first kappa shape index (κ1) is 16.1. The Morgan fingerprint density at radius 2 is 1.79 bits per heavy atom. The van der Waals surface area contributed by atoms with Crippen LogP contribution >= 0.6 is 0 Å². The zero-order chi connectivity index (χ0) is 17.1. The summed E-state index contributed by atoms with van der Waals surface area (Å²) in [5.41, 5.74) is 2.29. The Kier molecular flexibility index (Phi) is 4.56. The first-order valence-corrected chi connectivity index (χ1v) is 8.04. The summed E-state index contributed by atoms with van der Waals surface area (Å²) < 4.78 is 16.8. The number of methoxy groups -OCH3 is 1. The molecule has 0 amide bonds. The molecule has 0 bridgehead atoms. The summed E-state index contributed by atoms with van der Waals surface area (Å²) in [7, 11) is 1.61. The molecule has 1 aromatic heterocycles. The molecule has 3 rings (SSSR count). The topological polar surface area (TPSA) is 48.7 Å². The molecule has 0 radical (unpaired) electrons. The molecule has 1 heterocycles. The van der Waals surface area contributed by atoms with Gasteiger partial charge in [0.1, 0.15) is 11.3 Å². The van der Waals surface area contributed by atoms with E-state index in [-0.39, 0.29) is 11.2 Å². The van der Waals surface area contributed by atoms with Gasteiger partial charge in [0.15, 0.2) is 5.76 Å². The van der Waals surface area contributed by atoms with Crippen molar-refractivity contribution in [3.8, 4) is 22.8 Å². The van der Waals surface area contributed by atoms with Crippen LogP contribution in [0.1, 0.15) is 19.4 Å². The number of ether oxygens (including phenoxy) is 2. The standard InChI is InChI=1S/C20H20O4/c1-4-13-6-11-17-16(12-13)18(21)20(23-5-2)19(24-17)14-7-9-15(22-3)10-8-14/h6-12H,4-5H2,1-3H3. The largest absolute Gasteiger partial charge is 0.497 e. The van der Waals surface area contributed by atoms with Crippen molar-refractivity contribution in [3.05, 3.63) is 58.3 Å². The fourth-order valence-corrected chi connectivity index (χ4v) is 2.65. The van der Waals surface area contributed by atoms with Gasteiger partial charge < -0.3 is 13.9 Å². The Hall–Kier alpha value is -2.75. The lowest BCUT2D eigenvalue weighted by atomic mass is 10.1. The summed E-state index contributed by atoms with van der Waals surface area (Å²) in [5, 5.41) is 0.551. The van der Waals surface area contributed by atoms with Crippen molar-refractivity contribution < 1.29 is 13.9 Å². The number of benzene rings is 2. The normalized spacial score (nSPS) is 10.8. The van der Waals surface area contributed by atoms with Crippen LogP contribution in [0.5, 0.6) is 11.5 Å². The molecule has 4 heteroatoms. The smallest absolute Gasteiger partial charge is 0.235 e. The van der Waals surface area contributed by atoms with E-state index in [9.17, 15) is 4.79 Å². The quantitative estimate of drug-likeness (QED) is 0.696. The van der Waals surface area contributed by atoms with Gasteiger partial charge in [0.05, 0.1) is 19.1 Å². The van der Waals surface area contributed by atoms with E-state index in [1.807, 2.05) is 49.4 Å². The fraction of sp³-hybridized carbons (Fsp3) is 0.250. The van der Waals surface area contributed by atoms with Crippen LogP contribution in [0.15, 0.2) is 51.7 Å². The minimum Gasteiger partial charge on any atom is -0.497 e. The first-order chi connectivity index (χ1) is 11.7. The molecule has 0 spiro atoms. The van der Waals surface area contributed by atoms with Crippen molar-refractivity contribution in [3.63, 3.8) is 0 Å². The summed E-state index contributed by atoms with van der Waals surface area (Å²) in [5.74, 6) is 1.44. The second kappa shape index (κ2) is 6.79. The van der Waals surface area contributed by atoms with Gasteiger partial charge in [-0.05, 0) is 55.3 Å². The van der Waals surface area contributed by atoms with Crippen molar-refractivity contribution in [1.29, 1.82) is 0 Å². The van der Waals surface area contributed by atoms with E-state index in [1.54, 1.807) is 7.11 Å². The molecule has 24 heavy (non-hydrogen) atoms. The summed E-state index contributed by atoms with van der Waals surface area (Å²) in [6, 6.07) is 13.1. The third kappa shape index (κ3) is 2.87. The zero-order valence-corrected chi connectivity index (χ0v) is 14.1. The minimum atomic E-state index is -0.140. The first-order valence-electron chi connectivity index (χ1n) is 8.04. The molecular weight excluding hydrogens is 304 g/mol. The van der Waals surface area contributed by atoms with E-state index < -0.39 is 0 Å². The summed E-state index contributed by atoms with van der Waals surface area (Å²) in [6.07, 6.45) is 0.861. The van der Waals surface area contributed by atoms with Crippen LogP contribution in [0.4, 0.5) is 0 Å². The highest BCUT2D eigenvalue weighted by Crippen LogP contribution is 2.32. The molecular formula is C20H20O4. The summed E-state index contributed by atoms with van der Waals surface area (Å²) >= 11 is 0. The van der Waals surface area contributed by atoms with Gasteiger partial charge in [-0.15, -0.1) is 0 Å². The SMILES string of the molecule is CCOc1c(-c2ccc(OC)cc2)oc2ccc(CC)cc2c1=O. The monoisotopic (exact) mass is 324 g/mol. The van der Waals surface area contributed by atoms with Gasteiger partial charge in [0, 0.05) is 5.56 Å². The molecule has 0 aliphatic rings. The van der Waals surface area contributed by atoms with E-state index >= 15 is 0 Å². The Morgan fingerprint density at radius 3 is 2.42 bits per heavy atom. The van der Waals surface area contributed by atoms with E-state index in [0.29, 0.717) is 23.3 Å². The Labute approximate surface area is 140 Å². The van der Waals surface area contributed by atoms with E-state index in [4.69, 9.17) is 13.9 Å². The number of fused-ring (bicyclic) bond motifs is 1. The summed E-state index contributed by atoms with van der Waals surface area (Å²) in [6.45, 7) is 4.30. The Bertz CT molecular complexity index is 907. The number of hydrogen-bond donors (Lipinski definition) is 0. The second-order valence-corrected chi connectivity index (χ2v) is 5.44. The zero-order valence-electron chi connectivity index (χ0n) is 14.1. The highest BCUT2D eigenvalue weighted by atomic mass is 16.5. The van der Waals surface area contributed by atoms with Crippen molar-refractivity contribution in [1.82, 2.24) is 0 Å². The van der Waals surface area contributed by atoms with Gasteiger partial charge in [-0.2, -0.15) is 0 Å². The lowest BCUT2D eigenvalue weighted by Crippen LogP contribution is -2.10. The Morgan fingerprint density at radius 1 is 1.04 bits per heavy atom.